The summed E-state index contributed by atoms with van der Waals surface area (Å²) in [5.41, 5.74) is 3.71. The Bertz CT molecular complexity index is 654. The quantitative estimate of drug-likeness (QED) is 0.589. The molecular formula is C26H42O2. The Labute approximate surface area is 172 Å². The molecule has 28 heavy (non-hydrogen) atoms. The number of aliphatic hydroxyl groups is 1. The van der Waals surface area contributed by atoms with Gasteiger partial charge in [-0.2, -0.15) is 0 Å². The van der Waals surface area contributed by atoms with Crippen molar-refractivity contribution in [1.82, 2.24) is 0 Å². The number of hydrogen-bond donors (Lipinski definition) is 1. The lowest BCUT2D eigenvalue weighted by Gasteiger charge is -2.55. The van der Waals surface area contributed by atoms with E-state index in [0.29, 0.717) is 30.0 Å². The molecule has 0 aromatic heterocycles. The summed E-state index contributed by atoms with van der Waals surface area (Å²) in [5, 5.41) is 9.94. The van der Waals surface area contributed by atoms with Gasteiger partial charge in [-0.15, -0.1) is 0 Å². The third-order valence-electron chi connectivity index (χ3n) is 9.28. The van der Waals surface area contributed by atoms with E-state index in [1.54, 1.807) is 11.1 Å². The first-order chi connectivity index (χ1) is 13.2. The smallest absolute Gasteiger partial charge is 0.0613 e. The van der Waals surface area contributed by atoms with Crippen LogP contribution in [0.3, 0.4) is 0 Å². The minimum Gasteiger partial charge on any atom is -0.390 e. The zero-order chi connectivity index (χ0) is 20.2. The Morgan fingerprint density at radius 1 is 1.07 bits per heavy atom. The second kappa shape index (κ2) is 7.27. The molecule has 1 N–H and O–H groups in total. The van der Waals surface area contributed by atoms with Gasteiger partial charge in [0.15, 0.2) is 0 Å². The van der Waals surface area contributed by atoms with Crippen molar-refractivity contribution >= 4 is 0 Å². The fourth-order valence-electron chi connectivity index (χ4n) is 7.36. The van der Waals surface area contributed by atoms with Crippen LogP contribution in [0.4, 0.5) is 0 Å². The highest BCUT2D eigenvalue weighted by atomic mass is 16.5. The topological polar surface area (TPSA) is 29.5 Å². The number of ether oxygens (including phenoxy) is 1. The normalized spacial score (nSPS) is 42.9. The first kappa shape index (κ1) is 20.7. The van der Waals surface area contributed by atoms with Gasteiger partial charge in [0, 0.05) is 6.61 Å². The van der Waals surface area contributed by atoms with Crippen LogP contribution in [0.15, 0.2) is 23.3 Å². The van der Waals surface area contributed by atoms with E-state index in [1.807, 2.05) is 13.8 Å². The van der Waals surface area contributed by atoms with Crippen molar-refractivity contribution in [3.8, 4) is 0 Å². The molecule has 4 aliphatic carbocycles. The molecule has 0 saturated heterocycles. The molecule has 4 aliphatic rings. The van der Waals surface area contributed by atoms with Gasteiger partial charge in [0.25, 0.3) is 0 Å². The van der Waals surface area contributed by atoms with E-state index in [0.717, 1.165) is 24.2 Å². The molecule has 0 aromatic carbocycles. The third kappa shape index (κ3) is 3.43. The molecule has 0 heterocycles. The van der Waals surface area contributed by atoms with Crippen LogP contribution in [0, 0.1) is 28.6 Å². The molecule has 0 spiro atoms. The fraction of sp³-hybridized carbons (Fsp3) is 0.846. The van der Waals surface area contributed by atoms with E-state index in [9.17, 15) is 5.11 Å². The van der Waals surface area contributed by atoms with E-state index in [4.69, 9.17) is 4.74 Å². The van der Waals surface area contributed by atoms with Gasteiger partial charge in [0.2, 0.25) is 0 Å². The van der Waals surface area contributed by atoms with Crippen LogP contribution in [0.1, 0.15) is 92.4 Å². The van der Waals surface area contributed by atoms with Crippen LogP contribution in [-0.4, -0.2) is 23.4 Å². The Balaban J connectivity index is 1.49. The summed E-state index contributed by atoms with van der Waals surface area (Å²) in [6.45, 7) is 12.0. The average molecular weight is 387 g/mol. The second-order valence-corrected chi connectivity index (χ2v) is 11.4. The molecule has 2 heteroatoms. The summed E-state index contributed by atoms with van der Waals surface area (Å²) >= 11 is 0. The lowest BCUT2D eigenvalue weighted by molar-refractivity contribution is -0.0242. The Kier molecular flexibility index (Phi) is 5.37. The molecule has 6 atom stereocenters. The van der Waals surface area contributed by atoms with Gasteiger partial charge in [-0.25, -0.2) is 0 Å². The van der Waals surface area contributed by atoms with E-state index in [2.05, 4.69) is 32.9 Å². The Hall–Kier alpha value is -0.600. The lowest BCUT2D eigenvalue weighted by Crippen LogP contribution is -2.46. The summed E-state index contributed by atoms with van der Waals surface area (Å²) in [6, 6.07) is 0. The molecule has 0 aliphatic heterocycles. The van der Waals surface area contributed by atoms with Crippen LogP contribution in [0.25, 0.3) is 0 Å². The highest BCUT2D eigenvalue weighted by Gasteiger charge is 2.55. The summed E-state index contributed by atoms with van der Waals surface area (Å²) in [5.74, 6) is 2.52. The van der Waals surface area contributed by atoms with Crippen molar-refractivity contribution in [3.63, 3.8) is 0 Å². The minimum atomic E-state index is -0.628. The maximum atomic E-state index is 9.94. The van der Waals surface area contributed by atoms with Gasteiger partial charge in [0.05, 0.1) is 11.7 Å². The molecule has 4 rings (SSSR count). The van der Waals surface area contributed by atoms with E-state index in [-0.39, 0.29) is 0 Å². The third-order valence-corrected chi connectivity index (χ3v) is 9.28. The largest absolute Gasteiger partial charge is 0.390 e. The highest BCUT2D eigenvalue weighted by Crippen LogP contribution is 2.65. The number of rotatable bonds is 5. The summed E-state index contributed by atoms with van der Waals surface area (Å²) in [6.07, 6.45) is 16.6. The van der Waals surface area contributed by atoms with Gasteiger partial charge >= 0.3 is 0 Å². The zero-order valence-corrected chi connectivity index (χ0v) is 18.9. The summed E-state index contributed by atoms with van der Waals surface area (Å²) in [7, 11) is 0. The maximum absolute atomic E-state index is 9.94. The van der Waals surface area contributed by atoms with Crippen LogP contribution >= 0.6 is 0 Å². The second-order valence-electron chi connectivity index (χ2n) is 11.4. The molecule has 3 saturated carbocycles. The molecule has 158 valence electrons. The van der Waals surface area contributed by atoms with Crippen LogP contribution in [0.2, 0.25) is 0 Å². The van der Waals surface area contributed by atoms with Crippen molar-refractivity contribution in [1.29, 1.82) is 0 Å². The molecule has 0 aromatic rings. The fourth-order valence-corrected chi connectivity index (χ4v) is 7.36. The van der Waals surface area contributed by atoms with Gasteiger partial charge in [-0.1, -0.05) is 50.5 Å². The standard InChI is InChI=1S/C26H42O2/c1-6-18-8-10-22-21-9-7-19-17-20(28-16-15-24(2,3)27)11-13-26(19,5)23(21)12-14-25(18,22)4/h7,9,18,20,22-23,27H,6,8,10-17H2,1-5H3/t18-,20-,22-,23-,25+,26-/m0/s1. The zero-order valence-electron chi connectivity index (χ0n) is 18.9. The van der Waals surface area contributed by atoms with Gasteiger partial charge < -0.3 is 9.84 Å². The van der Waals surface area contributed by atoms with E-state index >= 15 is 0 Å². The van der Waals surface area contributed by atoms with Crippen LogP contribution in [-0.2, 0) is 4.74 Å². The van der Waals surface area contributed by atoms with Crippen molar-refractivity contribution in [3.05, 3.63) is 23.3 Å². The monoisotopic (exact) mass is 386 g/mol. The predicted molar refractivity (Wildman–Crippen MR) is 116 cm³/mol. The number of hydrogen-bond acceptors (Lipinski definition) is 2. The molecule has 2 nitrogen and oxygen atoms in total. The maximum Gasteiger partial charge on any atom is 0.0613 e. The summed E-state index contributed by atoms with van der Waals surface area (Å²) in [4.78, 5) is 0. The first-order valence-electron chi connectivity index (χ1n) is 11.9. The Morgan fingerprint density at radius 2 is 1.86 bits per heavy atom. The van der Waals surface area contributed by atoms with E-state index < -0.39 is 5.60 Å². The number of allylic oxidation sites excluding steroid dienone is 3. The molecule has 0 bridgehead atoms. The van der Waals surface area contributed by atoms with Crippen LogP contribution < -0.4 is 0 Å². The van der Waals surface area contributed by atoms with Crippen LogP contribution in [0.5, 0.6) is 0 Å². The highest BCUT2D eigenvalue weighted by molar-refractivity contribution is 5.38. The number of fused-ring (bicyclic) bond motifs is 5. The SMILES string of the molecule is CC[C@H]1CC[C@H]2C3=CC=C4C[C@@H](OCCC(C)(C)O)CC[C@]4(C)[C@H]3CC[C@]12C. The molecular weight excluding hydrogens is 344 g/mol. The van der Waals surface area contributed by atoms with Crippen molar-refractivity contribution in [2.75, 3.05) is 6.61 Å². The lowest BCUT2D eigenvalue weighted by atomic mass is 9.50. The average Bonchev–Trinajstić information content (AvgIpc) is 2.97. The van der Waals surface area contributed by atoms with Gasteiger partial charge in [0.1, 0.15) is 0 Å². The van der Waals surface area contributed by atoms with Gasteiger partial charge in [-0.3, -0.25) is 0 Å². The van der Waals surface area contributed by atoms with Crippen molar-refractivity contribution in [2.24, 2.45) is 28.6 Å². The molecule has 0 radical (unpaired) electrons. The van der Waals surface area contributed by atoms with Crippen molar-refractivity contribution < 1.29 is 9.84 Å². The molecule has 0 amide bonds. The van der Waals surface area contributed by atoms with E-state index in [1.165, 1.54) is 44.9 Å². The first-order valence-corrected chi connectivity index (χ1v) is 11.9. The van der Waals surface area contributed by atoms with Gasteiger partial charge in [-0.05, 0) is 93.8 Å². The Morgan fingerprint density at radius 3 is 2.57 bits per heavy atom. The molecule has 3 fully saturated rings. The van der Waals surface area contributed by atoms with Crippen molar-refractivity contribution in [2.45, 2.75) is 104 Å². The minimum absolute atomic E-state index is 0.335. The summed E-state index contributed by atoms with van der Waals surface area (Å²) < 4.78 is 6.18. The predicted octanol–water partition coefficient (Wildman–Crippen LogP) is 6.44. The molecule has 0 unspecified atom stereocenters.